The van der Waals surface area contributed by atoms with E-state index in [1.807, 2.05) is 42.5 Å². The lowest BCUT2D eigenvalue weighted by Gasteiger charge is -2.15. The van der Waals surface area contributed by atoms with Crippen molar-refractivity contribution < 1.29 is 4.79 Å². The molecule has 0 fully saturated rings. The number of para-hydroxylation sites is 2. The van der Waals surface area contributed by atoms with Gasteiger partial charge in [0.1, 0.15) is 5.82 Å². The summed E-state index contributed by atoms with van der Waals surface area (Å²) in [4.78, 5) is 17.1. The zero-order valence-corrected chi connectivity index (χ0v) is 19.6. The van der Waals surface area contributed by atoms with Crippen molar-refractivity contribution >= 4 is 23.0 Å². The first-order valence-corrected chi connectivity index (χ1v) is 11.5. The van der Waals surface area contributed by atoms with E-state index < -0.39 is 0 Å². The number of aromatic nitrogens is 2. The number of carbonyl (C=O) groups excluding carboxylic acids is 1. The van der Waals surface area contributed by atoms with E-state index in [4.69, 9.17) is 4.98 Å². The highest BCUT2D eigenvalue weighted by molar-refractivity contribution is 5.91. The summed E-state index contributed by atoms with van der Waals surface area (Å²) in [6.07, 6.45) is 5.07. The van der Waals surface area contributed by atoms with E-state index in [0.29, 0.717) is 6.54 Å². The maximum absolute atomic E-state index is 12.2. The van der Waals surface area contributed by atoms with Gasteiger partial charge in [0.15, 0.2) is 0 Å². The van der Waals surface area contributed by atoms with Crippen LogP contribution in [0.25, 0.3) is 17.1 Å². The second kappa shape index (κ2) is 10.3. The Morgan fingerprint density at radius 3 is 2.42 bits per heavy atom. The molecule has 168 valence electrons. The molecular formula is C29H31N3O. The highest BCUT2D eigenvalue weighted by atomic mass is 16.1. The molecule has 0 spiro atoms. The number of fused-ring (bicyclic) bond motifs is 1. The zero-order valence-electron chi connectivity index (χ0n) is 19.6. The Balaban J connectivity index is 1.44. The fourth-order valence-electron chi connectivity index (χ4n) is 4.36. The number of nitrogens with one attached hydrogen (secondary N) is 1. The van der Waals surface area contributed by atoms with Crippen molar-refractivity contribution in [3.8, 4) is 0 Å². The molecule has 0 aliphatic carbocycles. The van der Waals surface area contributed by atoms with Crippen LogP contribution in [-0.4, -0.2) is 22.0 Å². The van der Waals surface area contributed by atoms with Crippen LogP contribution >= 0.6 is 0 Å². The van der Waals surface area contributed by atoms with Gasteiger partial charge in [0, 0.05) is 25.6 Å². The third-order valence-electron chi connectivity index (χ3n) is 5.99. The van der Waals surface area contributed by atoms with Crippen LogP contribution in [0.3, 0.4) is 0 Å². The largest absolute Gasteiger partial charge is 0.353 e. The summed E-state index contributed by atoms with van der Waals surface area (Å²) in [7, 11) is 0. The number of imidazole rings is 1. The monoisotopic (exact) mass is 437 g/mol. The molecule has 0 saturated carbocycles. The predicted octanol–water partition coefficient (Wildman–Crippen LogP) is 5.77. The number of rotatable bonds is 8. The number of hydrogen-bond acceptors (Lipinski definition) is 2. The van der Waals surface area contributed by atoms with Crippen molar-refractivity contribution in [1.29, 1.82) is 0 Å². The van der Waals surface area contributed by atoms with Gasteiger partial charge in [0.05, 0.1) is 11.0 Å². The molecule has 0 saturated heterocycles. The summed E-state index contributed by atoms with van der Waals surface area (Å²) in [5.74, 6) is 0.989. The summed E-state index contributed by atoms with van der Waals surface area (Å²) in [6.45, 7) is 7.94. The molecule has 0 unspecified atom stereocenters. The minimum atomic E-state index is -0.0711. The molecular weight excluding hydrogens is 406 g/mol. The van der Waals surface area contributed by atoms with Gasteiger partial charge in [-0.1, -0.05) is 60.2 Å². The third kappa shape index (κ3) is 5.58. The first kappa shape index (κ1) is 22.5. The van der Waals surface area contributed by atoms with Gasteiger partial charge in [-0.3, -0.25) is 4.79 Å². The first-order valence-electron chi connectivity index (χ1n) is 11.5. The van der Waals surface area contributed by atoms with Gasteiger partial charge in [-0.25, -0.2) is 4.98 Å². The molecule has 4 aromatic rings. The lowest BCUT2D eigenvalue weighted by Crippen LogP contribution is -2.22. The number of aryl methyl sites for hydroxylation is 4. The maximum Gasteiger partial charge on any atom is 0.243 e. The quantitative estimate of drug-likeness (QED) is 0.281. The van der Waals surface area contributed by atoms with E-state index in [1.54, 1.807) is 6.08 Å². The van der Waals surface area contributed by atoms with Gasteiger partial charge in [-0.2, -0.15) is 0 Å². The smallest absolute Gasteiger partial charge is 0.243 e. The number of benzene rings is 3. The molecule has 4 nitrogen and oxygen atoms in total. The first-order chi connectivity index (χ1) is 16.0. The highest BCUT2D eigenvalue weighted by Gasteiger charge is 2.13. The highest BCUT2D eigenvalue weighted by Crippen LogP contribution is 2.23. The molecule has 0 bridgehead atoms. The Morgan fingerprint density at radius 2 is 1.67 bits per heavy atom. The summed E-state index contributed by atoms with van der Waals surface area (Å²) in [6, 6.07) is 22.7. The minimum absolute atomic E-state index is 0.0711. The third-order valence-corrected chi connectivity index (χ3v) is 5.99. The average molecular weight is 438 g/mol. The summed E-state index contributed by atoms with van der Waals surface area (Å²) in [5.41, 5.74) is 8.46. The van der Waals surface area contributed by atoms with Gasteiger partial charge >= 0.3 is 0 Å². The molecule has 0 radical (unpaired) electrons. The predicted molar refractivity (Wildman–Crippen MR) is 136 cm³/mol. The summed E-state index contributed by atoms with van der Waals surface area (Å²) < 4.78 is 2.33. The van der Waals surface area contributed by atoms with Crippen molar-refractivity contribution in [2.75, 3.05) is 6.54 Å². The molecule has 1 amide bonds. The van der Waals surface area contributed by atoms with Crippen LogP contribution in [0.5, 0.6) is 0 Å². The normalized spacial score (nSPS) is 11.4. The van der Waals surface area contributed by atoms with Gasteiger partial charge in [-0.15, -0.1) is 0 Å². The van der Waals surface area contributed by atoms with E-state index in [0.717, 1.165) is 41.8 Å². The number of hydrogen-bond donors (Lipinski definition) is 1. The van der Waals surface area contributed by atoms with E-state index in [-0.39, 0.29) is 5.91 Å². The summed E-state index contributed by atoms with van der Waals surface area (Å²) in [5, 5.41) is 2.99. The fraction of sp³-hybridized carbons (Fsp3) is 0.241. The lowest BCUT2D eigenvalue weighted by molar-refractivity contribution is -0.116. The number of nitrogens with zero attached hydrogens (tertiary/aromatic N) is 2. The van der Waals surface area contributed by atoms with E-state index in [9.17, 15) is 4.79 Å². The van der Waals surface area contributed by atoms with Crippen LogP contribution in [0.2, 0.25) is 0 Å². The molecule has 0 aliphatic heterocycles. The van der Waals surface area contributed by atoms with Crippen LogP contribution < -0.4 is 5.32 Å². The zero-order chi connectivity index (χ0) is 23.2. The van der Waals surface area contributed by atoms with E-state index >= 15 is 0 Å². The van der Waals surface area contributed by atoms with Crippen molar-refractivity contribution in [2.24, 2.45) is 0 Å². The Kier molecular flexibility index (Phi) is 7.04. The maximum atomic E-state index is 12.2. The molecule has 1 N–H and O–H groups in total. The van der Waals surface area contributed by atoms with Crippen LogP contribution in [0.15, 0.2) is 72.8 Å². The van der Waals surface area contributed by atoms with Crippen LogP contribution in [0, 0.1) is 20.8 Å². The van der Waals surface area contributed by atoms with Crippen molar-refractivity contribution in [3.63, 3.8) is 0 Å². The summed E-state index contributed by atoms with van der Waals surface area (Å²) >= 11 is 0. The average Bonchev–Trinajstić information content (AvgIpc) is 3.15. The standard InChI is InChI=1S/C29H31N3O/c1-21-18-22(2)25(23(3)19-21)20-32-27-13-8-7-12-26(27)31-28(32)14-9-17-30-29(33)16-15-24-10-5-4-6-11-24/h4-8,10-13,15-16,18-19H,9,14,17,20H2,1-3H3,(H,30,33)/b16-15+. The second-order valence-electron chi connectivity index (χ2n) is 8.62. The molecule has 0 aliphatic rings. The topological polar surface area (TPSA) is 46.9 Å². The van der Waals surface area contributed by atoms with Crippen molar-refractivity contribution in [3.05, 3.63) is 106 Å². The Hall–Kier alpha value is -3.66. The van der Waals surface area contributed by atoms with Crippen LogP contribution in [0.4, 0.5) is 0 Å². The molecule has 33 heavy (non-hydrogen) atoms. The SMILES string of the molecule is Cc1cc(C)c(Cn2c(CCCNC(=O)/C=C/c3ccccc3)nc3ccccc32)c(C)c1. The second-order valence-corrected chi connectivity index (χ2v) is 8.62. The van der Waals surface area contributed by atoms with Crippen molar-refractivity contribution in [2.45, 2.75) is 40.2 Å². The molecule has 1 aromatic heterocycles. The molecule has 4 heteroatoms. The number of carbonyl (C=O) groups is 1. The van der Waals surface area contributed by atoms with Gasteiger partial charge in [0.2, 0.25) is 5.91 Å². The van der Waals surface area contributed by atoms with Crippen molar-refractivity contribution in [1.82, 2.24) is 14.9 Å². The van der Waals surface area contributed by atoms with Gasteiger partial charge in [-0.05, 0) is 67.7 Å². The van der Waals surface area contributed by atoms with Crippen LogP contribution in [-0.2, 0) is 17.8 Å². The Labute approximate surface area is 196 Å². The van der Waals surface area contributed by atoms with Gasteiger partial charge < -0.3 is 9.88 Å². The molecule has 0 atom stereocenters. The lowest BCUT2D eigenvalue weighted by atomic mass is 9.99. The molecule has 1 heterocycles. The fourth-order valence-corrected chi connectivity index (χ4v) is 4.36. The minimum Gasteiger partial charge on any atom is -0.353 e. The molecule has 4 rings (SSSR count). The van der Waals surface area contributed by atoms with E-state index in [2.05, 4.69) is 61.0 Å². The van der Waals surface area contributed by atoms with Crippen LogP contribution in [0.1, 0.15) is 40.1 Å². The van der Waals surface area contributed by atoms with Gasteiger partial charge in [0.25, 0.3) is 0 Å². The molecule has 3 aromatic carbocycles. The Morgan fingerprint density at radius 1 is 0.970 bits per heavy atom. The Bertz CT molecular complexity index is 1260. The van der Waals surface area contributed by atoms with E-state index in [1.165, 1.54) is 22.3 Å². The number of amides is 1.